The summed E-state index contributed by atoms with van der Waals surface area (Å²) in [5, 5.41) is 1.24. The summed E-state index contributed by atoms with van der Waals surface area (Å²) < 4.78 is 4.47. The monoisotopic (exact) mass is 289 g/mol. The molecule has 0 N–H and O–H groups in total. The van der Waals surface area contributed by atoms with Crippen LogP contribution in [0.15, 0.2) is 55.3 Å². The molecular formula is C20H21N2+. The highest BCUT2D eigenvalue weighted by Crippen LogP contribution is 2.32. The van der Waals surface area contributed by atoms with Gasteiger partial charge in [-0.2, -0.15) is 4.57 Å². The van der Waals surface area contributed by atoms with E-state index in [1.54, 1.807) is 0 Å². The fraction of sp³-hybridized carbons (Fsp3) is 0.150. The molecule has 0 fully saturated rings. The maximum absolute atomic E-state index is 4.03. The second kappa shape index (κ2) is 5.64. The Morgan fingerprint density at radius 3 is 2.64 bits per heavy atom. The Morgan fingerprint density at radius 1 is 1.14 bits per heavy atom. The van der Waals surface area contributed by atoms with E-state index in [-0.39, 0.29) is 0 Å². The molecule has 3 aromatic rings. The van der Waals surface area contributed by atoms with Crippen molar-refractivity contribution in [2.24, 2.45) is 7.05 Å². The van der Waals surface area contributed by atoms with Gasteiger partial charge in [0.05, 0.1) is 13.2 Å². The largest absolute Gasteiger partial charge is 0.286 e. The zero-order valence-electron chi connectivity index (χ0n) is 13.4. The summed E-state index contributed by atoms with van der Waals surface area (Å²) in [6.07, 6.45) is 8.27. The van der Waals surface area contributed by atoms with Gasteiger partial charge in [-0.25, -0.2) is 4.57 Å². The van der Waals surface area contributed by atoms with Gasteiger partial charge in [0.2, 0.25) is 0 Å². The molecular weight excluding hydrogens is 268 g/mol. The Hall–Kier alpha value is -2.61. The van der Waals surface area contributed by atoms with Crippen molar-refractivity contribution < 1.29 is 4.57 Å². The van der Waals surface area contributed by atoms with Crippen LogP contribution in [0.4, 0.5) is 0 Å². The van der Waals surface area contributed by atoms with E-state index < -0.39 is 0 Å². The van der Waals surface area contributed by atoms with Crippen LogP contribution >= 0.6 is 0 Å². The van der Waals surface area contributed by atoms with E-state index in [0.29, 0.717) is 0 Å². The van der Waals surface area contributed by atoms with Crippen molar-refractivity contribution in [2.45, 2.75) is 13.8 Å². The molecule has 110 valence electrons. The van der Waals surface area contributed by atoms with Crippen molar-refractivity contribution in [3.8, 4) is 5.82 Å². The maximum Gasteiger partial charge on any atom is 0.286 e. The number of para-hydroxylation sites is 1. The van der Waals surface area contributed by atoms with Crippen LogP contribution in [0.2, 0.25) is 0 Å². The molecule has 0 aliphatic rings. The van der Waals surface area contributed by atoms with Gasteiger partial charge in [-0.15, -0.1) is 0 Å². The molecule has 0 spiro atoms. The molecule has 22 heavy (non-hydrogen) atoms. The van der Waals surface area contributed by atoms with Crippen molar-refractivity contribution >= 4 is 23.1 Å². The van der Waals surface area contributed by atoms with E-state index in [1.165, 1.54) is 27.7 Å². The molecule has 2 aromatic heterocycles. The number of nitrogens with zero attached hydrogens (tertiary/aromatic N) is 2. The van der Waals surface area contributed by atoms with E-state index in [9.17, 15) is 0 Å². The lowest BCUT2D eigenvalue weighted by Crippen LogP contribution is -2.33. The van der Waals surface area contributed by atoms with E-state index in [1.807, 2.05) is 19.1 Å². The number of benzene rings is 1. The third-order valence-electron chi connectivity index (χ3n) is 4.05. The van der Waals surface area contributed by atoms with E-state index in [0.717, 1.165) is 5.82 Å². The van der Waals surface area contributed by atoms with Crippen molar-refractivity contribution in [1.29, 1.82) is 0 Å². The zero-order valence-corrected chi connectivity index (χ0v) is 13.4. The van der Waals surface area contributed by atoms with Crippen LogP contribution in [-0.4, -0.2) is 4.57 Å². The summed E-state index contributed by atoms with van der Waals surface area (Å²) in [6.45, 7) is 8.24. The Morgan fingerprint density at radius 2 is 1.95 bits per heavy atom. The predicted molar refractivity (Wildman–Crippen MR) is 94.0 cm³/mol. The van der Waals surface area contributed by atoms with Crippen molar-refractivity contribution in [3.05, 3.63) is 72.1 Å². The van der Waals surface area contributed by atoms with Gasteiger partial charge < -0.3 is 0 Å². The average Bonchev–Trinajstić information content (AvgIpc) is 2.83. The van der Waals surface area contributed by atoms with Crippen LogP contribution < -0.4 is 4.57 Å². The topological polar surface area (TPSA) is 8.81 Å². The summed E-state index contributed by atoms with van der Waals surface area (Å²) in [7, 11) is 2.08. The van der Waals surface area contributed by atoms with Gasteiger partial charge in [0.15, 0.2) is 0 Å². The minimum Gasteiger partial charge on any atom is -0.237 e. The fourth-order valence-corrected chi connectivity index (χ4v) is 3.07. The summed E-state index contributed by atoms with van der Waals surface area (Å²) in [4.78, 5) is 0. The van der Waals surface area contributed by atoms with Gasteiger partial charge in [-0.3, -0.25) is 0 Å². The maximum atomic E-state index is 4.03. The summed E-state index contributed by atoms with van der Waals surface area (Å²) >= 11 is 0. The Balaban J connectivity index is 2.54. The van der Waals surface area contributed by atoms with Gasteiger partial charge in [0, 0.05) is 17.0 Å². The molecule has 0 atom stereocenters. The highest BCUT2D eigenvalue weighted by atomic mass is 15.1. The highest BCUT2D eigenvalue weighted by Gasteiger charge is 2.23. The first-order valence-electron chi connectivity index (χ1n) is 7.53. The first kappa shape index (κ1) is 14.3. The normalized spacial score (nSPS) is 11.4. The molecule has 0 unspecified atom stereocenters. The summed E-state index contributed by atoms with van der Waals surface area (Å²) in [5.74, 6) is 1.14. The van der Waals surface area contributed by atoms with Gasteiger partial charge in [-0.05, 0) is 37.6 Å². The van der Waals surface area contributed by atoms with E-state index >= 15 is 0 Å². The predicted octanol–water partition coefficient (Wildman–Crippen LogP) is 4.44. The van der Waals surface area contributed by atoms with Gasteiger partial charge in [-0.1, -0.05) is 36.9 Å². The molecule has 0 aliphatic heterocycles. The number of allylic oxidation sites excluding steroid dienone is 1. The lowest BCUT2D eigenvalue weighted by molar-refractivity contribution is -0.665. The number of rotatable bonds is 3. The SMILES string of the molecule is C=Cc1c(/C=C\C)n(-c2cccc[n+]2C)c2c(C)cccc12. The van der Waals surface area contributed by atoms with Crippen molar-refractivity contribution in [3.63, 3.8) is 0 Å². The second-order valence-electron chi connectivity index (χ2n) is 5.48. The Kier molecular flexibility index (Phi) is 3.68. The molecule has 0 aliphatic carbocycles. The smallest absolute Gasteiger partial charge is 0.237 e. The van der Waals surface area contributed by atoms with Crippen LogP contribution in [0.3, 0.4) is 0 Å². The van der Waals surface area contributed by atoms with Gasteiger partial charge >= 0.3 is 0 Å². The molecule has 2 heteroatoms. The first-order valence-corrected chi connectivity index (χ1v) is 7.53. The van der Waals surface area contributed by atoms with Crippen LogP contribution in [0.1, 0.15) is 23.7 Å². The number of hydrogen-bond donors (Lipinski definition) is 0. The third-order valence-corrected chi connectivity index (χ3v) is 4.05. The second-order valence-corrected chi connectivity index (χ2v) is 5.48. The highest BCUT2D eigenvalue weighted by molar-refractivity contribution is 5.96. The average molecular weight is 289 g/mol. The number of fused-ring (bicyclic) bond motifs is 1. The van der Waals surface area contributed by atoms with Crippen LogP contribution in [-0.2, 0) is 7.05 Å². The summed E-state index contributed by atoms with van der Waals surface area (Å²) in [6, 6.07) is 12.7. The molecule has 0 saturated carbocycles. The molecule has 2 heterocycles. The quantitative estimate of drug-likeness (QED) is 0.630. The van der Waals surface area contributed by atoms with Crippen molar-refractivity contribution in [1.82, 2.24) is 4.57 Å². The van der Waals surface area contributed by atoms with Crippen LogP contribution in [0.5, 0.6) is 0 Å². The van der Waals surface area contributed by atoms with Crippen LogP contribution in [0.25, 0.3) is 28.9 Å². The zero-order chi connectivity index (χ0) is 15.7. The number of aromatic nitrogens is 2. The third kappa shape index (κ3) is 2.08. The minimum atomic E-state index is 1.14. The van der Waals surface area contributed by atoms with Crippen LogP contribution in [0, 0.1) is 6.92 Å². The lowest BCUT2D eigenvalue weighted by Gasteiger charge is -2.05. The van der Waals surface area contributed by atoms with Gasteiger partial charge in [0.1, 0.15) is 11.2 Å². The summed E-state index contributed by atoms with van der Waals surface area (Å²) in [5.41, 5.74) is 4.86. The van der Waals surface area contributed by atoms with E-state index in [2.05, 4.69) is 78.4 Å². The van der Waals surface area contributed by atoms with Crippen molar-refractivity contribution in [2.75, 3.05) is 0 Å². The molecule has 2 nitrogen and oxygen atoms in total. The number of hydrogen-bond acceptors (Lipinski definition) is 0. The Labute approximate surface area is 131 Å². The number of pyridine rings is 1. The molecule has 0 saturated heterocycles. The first-order chi connectivity index (χ1) is 10.7. The minimum absolute atomic E-state index is 1.14. The fourth-order valence-electron chi connectivity index (χ4n) is 3.07. The van der Waals surface area contributed by atoms with Gasteiger partial charge in [0.25, 0.3) is 5.82 Å². The number of aryl methyl sites for hydroxylation is 2. The molecule has 0 amide bonds. The lowest BCUT2D eigenvalue weighted by atomic mass is 10.1. The molecule has 3 rings (SSSR count). The standard InChI is InChI=1S/C20H21N2/c1-5-10-18-16(6-2)17-12-9-11-15(3)20(17)22(18)19-13-7-8-14-21(19)4/h5-14H,2H2,1,3-4H3/q+1/b10-5-. The molecule has 1 aromatic carbocycles. The molecule has 0 bridgehead atoms. The molecule has 0 radical (unpaired) electrons. The van der Waals surface area contributed by atoms with E-state index in [4.69, 9.17) is 0 Å². The Bertz CT molecular complexity index is 882.